The fourth-order valence-corrected chi connectivity index (χ4v) is 3.06. The van der Waals surface area contributed by atoms with Crippen molar-refractivity contribution in [1.29, 1.82) is 0 Å². The molecule has 0 radical (unpaired) electrons. The number of hydrogen-bond acceptors (Lipinski definition) is 3. The minimum Gasteiger partial charge on any atom is -0.348 e. The SMILES string of the molecule is CN(C)C1CCCCCC1NC(=O)c1ccc(N=[N+]=[N-])cc1. The van der Waals surface area contributed by atoms with E-state index in [1.165, 1.54) is 12.8 Å². The highest BCUT2D eigenvalue weighted by Gasteiger charge is 2.26. The van der Waals surface area contributed by atoms with Crippen LogP contribution in [0.3, 0.4) is 0 Å². The monoisotopic (exact) mass is 301 g/mol. The van der Waals surface area contributed by atoms with Gasteiger partial charge in [0.1, 0.15) is 0 Å². The molecule has 0 saturated heterocycles. The van der Waals surface area contributed by atoms with Gasteiger partial charge in [0.05, 0.1) is 0 Å². The second kappa shape index (κ2) is 7.82. The van der Waals surface area contributed by atoms with Crippen molar-refractivity contribution in [2.45, 2.75) is 44.2 Å². The Kier molecular flexibility index (Phi) is 5.81. The van der Waals surface area contributed by atoms with Gasteiger partial charge < -0.3 is 10.2 Å². The summed E-state index contributed by atoms with van der Waals surface area (Å²) in [6.45, 7) is 0. The summed E-state index contributed by atoms with van der Waals surface area (Å²) in [5, 5.41) is 6.69. The van der Waals surface area contributed by atoms with Crippen LogP contribution < -0.4 is 5.32 Å². The molecule has 2 atom stereocenters. The summed E-state index contributed by atoms with van der Waals surface area (Å²) in [4.78, 5) is 17.4. The standard InChI is InChI=1S/C16H23N5O/c1-21(2)15-7-5-3-4-6-14(15)18-16(22)12-8-10-13(11-9-12)19-20-17/h8-11,14-15H,3-7H2,1-2H3,(H,18,22). The van der Waals surface area contributed by atoms with Gasteiger partial charge in [-0.25, -0.2) is 0 Å². The van der Waals surface area contributed by atoms with E-state index >= 15 is 0 Å². The molecular formula is C16H23N5O. The number of carbonyl (C=O) groups excluding carboxylic acids is 1. The van der Waals surface area contributed by atoms with Crippen LogP contribution in [0.1, 0.15) is 42.5 Å². The van der Waals surface area contributed by atoms with Crippen LogP contribution in [0.4, 0.5) is 5.69 Å². The van der Waals surface area contributed by atoms with Gasteiger partial charge in [0.2, 0.25) is 0 Å². The molecule has 0 heterocycles. The largest absolute Gasteiger partial charge is 0.348 e. The number of azide groups is 1. The zero-order valence-electron chi connectivity index (χ0n) is 13.2. The predicted octanol–water partition coefficient (Wildman–Crippen LogP) is 3.62. The van der Waals surface area contributed by atoms with E-state index in [-0.39, 0.29) is 11.9 Å². The highest BCUT2D eigenvalue weighted by molar-refractivity contribution is 5.94. The number of likely N-dealkylation sites (N-methyl/N-ethyl adjacent to an activating group) is 1. The smallest absolute Gasteiger partial charge is 0.251 e. The summed E-state index contributed by atoms with van der Waals surface area (Å²) in [5.74, 6) is -0.0637. The first kappa shape index (κ1) is 16.3. The molecule has 6 nitrogen and oxygen atoms in total. The number of nitrogens with zero attached hydrogens (tertiary/aromatic N) is 4. The average Bonchev–Trinajstić information content (AvgIpc) is 2.74. The minimum absolute atomic E-state index is 0.0637. The van der Waals surface area contributed by atoms with Crippen LogP contribution in [0, 0.1) is 0 Å². The van der Waals surface area contributed by atoms with Gasteiger partial charge in [-0.1, -0.05) is 36.5 Å². The first-order chi connectivity index (χ1) is 10.6. The molecule has 0 bridgehead atoms. The Morgan fingerprint density at radius 2 is 1.91 bits per heavy atom. The van der Waals surface area contributed by atoms with Crippen molar-refractivity contribution >= 4 is 11.6 Å². The van der Waals surface area contributed by atoms with Crippen LogP contribution in [0.15, 0.2) is 29.4 Å². The normalized spacial score (nSPS) is 21.8. The lowest BCUT2D eigenvalue weighted by Gasteiger charge is -2.31. The molecule has 1 amide bonds. The average molecular weight is 301 g/mol. The zero-order chi connectivity index (χ0) is 15.9. The highest BCUT2D eigenvalue weighted by atomic mass is 16.1. The lowest BCUT2D eigenvalue weighted by molar-refractivity contribution is 0.0905. The van der Waals surface area contributed by atoms with Gasteiger partial charge in [-0.2, -0.15) is 0 Å². The topological polar surface area (TPSA) is 81.1 Å². The second-order valence-corrected chi connectivity index (χ2v) is 5.99. The molecule has 1 saturated carbocycles. The quantitative estimate of drug-likeness (QED) is 0.399. The van der Waals surface area contributed by atoms with E-state index in [1.807, 2.05) is 0 Å². The molecule has 1 aliphatic rings. The molecule has 0 aromatic heterocycles. The Balaban J connectivity index is 2.06. The molecule has 1 fully saturated rings. The van der Waals surface area contributed by atoms with Crippen LogP contribution in [0.2, 0.25) is 0 Å². The van der Waals surface area contributed by atoms with Crippen LogP contribution in [0.25, 0.3) is 10.4 Å². The molecule has 1 N–H and O–H groups in total. The first-order valence-electron chi connectivity index (χ1n) is 7.74. The van der Waals surface area contributed by atoms with E-state index in [0.29, 0.717) is 17.3 Å². The van der Waals surface area contributed by atoms with Crippen molar-refractivity contribution in [3.8, 4) is 0 Å². The zero-order valence-corrected chi connectivity index (χ0v) is 13.2. The molecule has 0 aliphatic heterocycles. The van der Waals surface area contributed by atoms with E-state index in [4.69, 9.17) is 5.53 Å². The molecule has 2 rings (SSSR count). The number of rotatable bonds is 4. The molecular weight excluding hydrogens is 278 g/mol. The van der Waals surface area contributed by atoms with Crippen LogP contribution >= 0.6 is 0 Å². The van der Waals surface area contributed by atoms with Gasteiger partial charge in [0, 0.05) is 28.2 Å². The van der Waals surface area contributed by atoms with Gasteiger partial charge in [-0.05, 0) is 44.6 Å². The minimum atomic E-state index is -0.0637. The molecule has 1 aromatic carbocycles. The van der Waals surface area contributed by atoms with E-state index in [1.54, 1.807) is 24.3 Å². The summed E-state index contributed by atoms with van der Waals surface area (Å²) < 4.78 is 0. The van der Waals surface area contributed by atoms with Crippen LogP contribution in [-0.4, -0.2) is 37.0 Å². The van der Waals surface area contributed by atoms with E-state index in [0.717, 1.165) is 19.3 Å². The maximum absolute atomic E-state index is 12.4. The number of nitrogens with one attached hydrogen (secondary N) is 1. The summed E-state index contributed by atoms with van der Waals surface area (Å²) in [6, 6.07) is 7.27. The third-order valence-electron chi connectivity index (χ3n) is 4.25. The van der Waals surface area contributed by atoms with Crippen molar-refractivity contribution in [2.24, 2.45) is 5.11 Å². The number of carbonyl (C=O) groups is 1. The molecule has 1 aliphatic carbocycles. The third kappa shape index (κ3) is 4.23. The fraction of sp³-hybridized carbons (Fsp3) is 0.562. The molecule has 6 heteroatoms. The Hall–Kier alpha value is -2.04. The molecule has 22 heavy (non-hydrogen) atoms. The van der Waals surface area contributed by atoms with Gasteiger partial charge in [-0.15, -0.1) is 0 Å². The summed E-state index contributed by atoms with van der Waals surface area (Å²) in [7, 11) is 4.15. The van der Waals surface area contributed by atoms with Crippen LogP contribution in [-0.2, 0) is 0 Å². The lowest BCUT2D eigenvalue weighted by Crippen LogP contribution is -2.48. The van der Waals surface area contributed by atoms with Crippen molar-refractivity contribution in [3.63, 3.8) is 0 Å². The summed E-state index contributed by atoms with van der Waals surface area (Å²) >= 11 is 0. The van der Waals surface area contributed by atoms with Crippen molar-refractivity contribution in [1.82, 2.24) is 10.2 Å². The maximum atomic E-state index is 12.4. The second-order valence-electron chi connectivity index (χ2n) is 5.99. The van der Waals surface area contributed by atoms with Gasteiger partial charge in [-0.3, -0.25) is 4.79 Å². The number of amides is 1. The van der Waals surface area contributed by atoms with Gasteiger partial charge in [0.15, 0.2) is 0 Å². The molecule has 118 valence electrons. The van der Waals surface area contributed by atoms with Crippen LogP contribution in [0.5, 0.6) is 0 Å². The van der Waals surface area contributed by atoms with E-state index < -0.39 is 0 Å². The van der Waals surface area contributed by atoms with E-state index in [9.17, 15) is 4.79 Å². The number of hydrogen-bond donors (Lipinski definition) is 1. The predicted molar refractivity (Wildman–Crippen MR) is 87.1 cm³/mol. The van der Waals surface area contributed by atoms with Crippen molar-refractivity contribution < 1.29 is 4.79 Å². The van der Waals surface area contributed by atoms with Gasteiger partial charge >= 0.3 is 0 Å². The fourth-order valence-electron chi connectivity index (χ4n) is 3.06. The Morgan fingerprint density at radius 1 is 1.23 bits per heavy atom. The third-order valence-corrected chi connectivity index (χ3v) is 4.25. The Bertz CT molecular complexity index is 548. The Labute approximate surface area is 131 Å². The van der Waals surface area contributed by atoms with Crippen molar-refractivity contribution in [2.75, 3.05) is 14.1 Å². The van der Waals surface area contributed by atoms with E-state index in [2.05, 4.69) is 34.3 Å². The summed E-state index contributed by atoms with van der Waals surface area (Å²) in [5.41, 5.74) is 9.51. The maximum Gasteiger partial charge on any atom is 0.251 e. The lowest BCUT2D eigenvalue weighted by atomic mass is 10.0. The molecule has 2 unspecified atom stereocenters. The highest BCUT2D eigenvalue weighted by Crippen LogP contribution is 2.22. The Morgan fingerprint density at radius 3 is 2.55 bits per heavy atom. The first-order valence-corrected chi connectivity index (χ1v) is 7.74. The van der Waals surface area contributed by atoms with Gasteiger partial charge in [0.25, 0.3) is 5.91 Å². The number of benzene rings is 1. The summed E-state index contributed by atoms with van der Waals surface area (Å²) in [6.07, 6.45) is 5.75. The molecule has 1 aromatic rings. The molecule has 0 spiro atoms. The van der Waals surface area contributed by atoms with Crippen molar-refractivity contribution in [3.05, 3.63) is 40.3 Å².